The summed E-state index contributed by atoms with van der Waals surface area (Å²) in [5.41, 5.74) is 0. The van der Waals surface area contributed by atoms with Crippen LogP contribution in [0.25, 0.3) is 0 Å². The Morgan fingerprint density at radius 3 is 3.12 bits per heavy atom. The van der Waals surface area contributed by atoms with Crippen LogP contribution < -0.4 is 5.32 Å². The third-order valence-corrected chi connectivity index (χ3v) is 2.28. The van der Waals surface area contributed by atoms with E-state index in [1.807, 2.05) is 17.8 Å². The highest BCUT2D eigenvalue weighted by atomic mass is 16.3. The molecule has 2 aromatic heterocycles. The first-order valence-corrected chi connectivity index (χ1v) is 5.01. The summed E-state index contributed by atoms with van der Waals surface area (Å²) in [7, 11) is 1.89. The molecule has 5 nitrogen and oxygen atoms in total. The lowest BCUT2D eigenvalue weighted by Crippen LogP contribution is -2.25. The van der Waals surface area contributed by atoms with Crippen molar-refractivity contribution in [3.05, 3.63) is 42.4 Å². The summed E-state index contributed by atoms with van der Waals surface area (Å²) in [6, 6.07) is 3.54. The molecule has 0 unspecified atom stereocenters. The zero-order valence-corrected chi connectivity index (χ0v) is 9.01. The molecule has 0 aliphatic rings. The molecule has 1 amide bonds. The maximum Gasteiger partial charge on any atom is 0.227 e. The van der Waals surface area contributed by atoms with Gasteiger partial charge in [0, 0.05) is 19.4 Å². The third kappa shape index (κ3) is 2.50. The van der Waals surface area contributed by atoms with Gasteiger partial charge in [0.2, 0.25) is 5.91 Å². The van der Waals surface area contributed by atoms with Crippen LogP contribution in [0.1, 0.15) is 11.6 Å². The van der Waals surface area contributed by atoms with Crippen LogP contribution in [-0.2, 0) is 24.8 Å². The van der Waals surface area contributed by atoms with Crippen LogP contribution >= 0.6 is 0 Å². The summed E-state index contributed by atoms with van der Waals surface area (Å²) in [5.74, 6) is 1.42. The van der Waals surface area contributed by atoms with E-state index in [4.69, 9.17) is 4.42 Å². The van der Waals surface area contributed by atoms with Crippen molar-refractivity contribution < 1.29 is 9.21 Å². The van der Waals surface area contributed by atoms with E-state index in [1.54, 1.807) is 24.6 Å². The highest BCUT2D eigenvalue weighted by Crippen LogP contribution is 2.01. The van der Waals surface area contributed by atoms with Gasteiger partial charge in [-0.2, -0.15) is 0 Å². The second-order valence-electron chi connectivity index (χ2n) is 3.49. The van der Waals surface area contributed by atoms with E-state index >= 15 is 0 Å². The molecule has 0 aromatic carbocycles. The molecule has 5 heteroatoms. The van der Waals surface area contributed by atoms with Gasteiger partial charge in [-0.15, -0.1) is 0 Å². The van der Waals surface area contributed by atoms with Gasteiger partial charge in [-0.05, 0) is 12.1 Å². The van der Waals surface area contributed by atoms with Crippen LogP contribution in [0.15, 0.2) is 35.2 Å². The topological polar surface area (TPSA) is 60.1 Å². The Bertz CT molecular complexity index is 459. The number of amides is 1. The molecule has 2 heterocycles. The molecule has 16 heavy (non-hydrogen) atoms. The highest BCUT2D eigenvalue weighted by Gasteiger charge is 2.06. The number of hydrogen-bond donors (Lipinski definition) is 1. The van der Waals surface area contributed by atoms with Crippen LogP contribution in [0.4, 0.5) is 0 Å². The maximum atomic E-state index is 11.5. The molecule has 0 aliphatic heterocycles. The second-order valence-corrected chi connectivity index (χ2v) is 3.49. The molecule has 0 aliphatic carbocycles. The number of hydrogen-bond acceptors (Lipinski definition) is 3. The predicted molar refractivity (Wildman–Crippen MR) is 57.5 cm³/mol. The van der Waals surface area contributed by atoms with Gasteiger partial charge in [0.25, 0.3) is 0 Å². The average molecular weight is 219 g/mol. The van der Waals surface area contributed by atoms with E-state index in [0.717, 1.165) is 5.82 Å². The molecule has 0 saturated carbocycles. The largest absolute Gasteiger partial charge is 0.469 e. The van der Waals surface area contributed by atoms with Crippen LogP contribution in [0.2, 0.25) is 0 Å². The van der Waals surface area contributed by atoms with Crippen molar-refractivity contribution in [1.82, 2.24) is 14.9 Å². The summed E-state index contributed by atoms with van der Waals surface area (Å²) in [6.07, 6.45) is 5.36. The molecular formula is C11H13N3O2. The lowest BCUT2D eigenvalue weighted by Gasteiger charge is -2.03. The number of carbonyl (C=O) groups excluding carboxylic acids is 1. The van der Waals surface area contributed by atoms with Gasteiger partial charge in [0.15, 0.2) is 0 Å². The van der Waals surface area contributed by atoms with Crippen molar-refractivity contribution in [2.45, 2.75) is 13.0 Å². The number of furan rings is 1. The third-order valence-electron chi connectivity index (χ3n) is 2.28. The molecule has 2 rings (SSSR count). The Balaban J connectivity index is 1.82. The summed E-state index contributed by atoms with van der Waals surface area (Å²) >= 11 is 0. The summed E-state index contributed by atoms with van der Waals surface area (Å²) < 4.78 is 6.95. The normalized spacial score (nSPS) is 10.3. The number of carbonyl (C=O) groups is 1. The predicted octanol–water partition coefficient (Wildman–Crippen LogP) is 0.872. The van der Waals surface area contributed by atoms with Crippen molar-refractivity contribution in [3.63, 3.8) is 0 Å². The first kappa shape index (κ1) is 10.5. The van der Waals surface area contributed by atoms with Crippen molar-refractivity contribution in [1.29, 1.82) is 0 Å². The van der Waals surface area contributed by atoms with Gasteiger partial charge in [-0.25, -0.2) is 4.98 Å². The van der Waals surface area contributed by atoms with E-state index in [-0.39, 0.29) is 12.3 Å². The quantitative estimate of drug-likeness (QED) is 0.830. The lowest BCUT2D eigenvalue weighted by molar-refractivity contribution is -0.120. The van der Waals surface area contributed by atoms with Crippen LogP contribution in [0.3, 0.4) is 0 Å². The van der Waals surface area contributed by atoms with E-state index in [0.29, 0.717) is 12.3 Å². The SMILES string of the molecule is Cn1ccnc1CNC(=O)Cc1ccco1. The molecule has 0 saturated heterocycles. The fourth-order valence-corrected chi connectivity index (χ4v) is 1.38. The minimum atomic E-state index is -0.0713. The standard InChI is InChI=1S/C11H13N3O2/c1-14-5-4-12-10(14)8-13-11(15)7-9-3-2-6-16-9/h2-6H,7-8H2,1H3,(H,13,15). The van der Waals surface area contributed by atoms with Gasteiger partial charge in [-0.3, -0.25) is 4.79 Å². The van der Waals surface area contributed by atoms with Crippen LogP contribution in [0.5, 0.6) is 0 Å². The average Bonchev–Trinajstić information content (AvgIpc) is 2.87. The minimum Gasteiger partial charge on any atom is -0.469 e. The monoisotopic (exact) mass is 219 g/mol. The molecule has 1 N–H and O–H groups in total. The number of nitrogens with one attached hydrogen (secondary N) is 1. The fourth-order valence-electron chi connectivity index (χ4n) is 1.38. The zero-order chi connectivity index (χ0) is 11.4. The Hall–Kier alpha value is -2.04. The molecule has 2 aromatic rings. The number of imidazole rings is 1. The number of nitrogens with zero attached hydrogens (tertiary/aromatic N) is 2. The van der Waals surface area contributed by atoms with E-state index < -0.39 is 0 Å². The molecule has 0 atom stereocenters. The Morgan fingerprint density at radius 2 is 2.50 bits per heavy atom. The van der Waals surface area contributed by atoms with Crippen molar-refractivity contribution in [3.8, 4) is 0 Å². The second kappa shape index (κ2) is 4.65. The van der Waals surface area contributed by atoms with Crippen molar-refractivity contribution in [2.24, 2.45) is 7.05 Å². The Labute approximate surface area is 93.1 Å². The molecule has 84 valence electrons. The Kier molecular flexibility index (Phi) is 3.05. The molecule has 0 radical (unpaired) electrons. The van der Waals surface area contributed by atoms with Gasteiger partial charge in [-0.1, -0.05) is 0 Å². The number of aryl methyl sites for hydroxylation is 1. The first-order chi connectivity index (χ1) is 7.75. The van der Waals surface area contributed by atoms with Gasteiger partial charge in [0.1, 0.15) is 11.6 Å². The highest BCUT2D eigenvalue weighted by molar-refractivity contribution is 5.77. The fraction of sp³-hybridized carbons (Fsp3) is 0.273. The number of aromatic nitrogens is 2. The van der Waals surface area contributed by atoms with Gasteiger partial charge < -0.3 is 14.3 Å². The van der Waals surface area contributed by atoms with Crippen molar-refractivity contribution in [2.75, 3.05) is 0 Å². The van der Waals surface area contributed by atoms with Crippen molar-refractivity contribution >= 4 is 5.91 Å². The lowest BCUT2D eigenvalue weighted by atomic mass is 10.3. The summed E-state index contributed by atoms with van der Waals surface area (Å²) in [4.78, 5) is 15.6. The van der Waals surface area contributed by atoms with E-state index in [2.05, 4.69) is 10.3 Å². The van der Waals surface area contributed by atoms with Gasteiger partial charge >= 0.3 is 0 Å². The van der Waals surface area contributed by atoms with E-state index in [1.165, 1.54) is 0 Å². The smallest absolute Gasteiger partial charge is 0.227 e. The molecule has 0 bridgehead atoms. The molecular weight excluding hydrogens is 206 g/mol. The maximum absolute atomic E-state index is 11.5. The van der Waals surface area contributed by atoms with Crippen LogP contribution in [0, 0.1) is 0 Å². The van der Waals surface area contributed by atoms with Gasteiger partial charge in [0.05, 0.1) is 19.2 Å². The molecule has 0 spiro atoms. The summed E-state index contributed by atoms with van der Waals surface area (Å²) in [5, 5.41) is 2.78. The first-order valence-electron chi connectivity index (χ1n) is 5.01. The number of rotatable bonds is 4. The van der Waals surface area contributed by atoms with E-state index in [9.17, 15) is 4.79 Å². The summed E-state index contributed by atoms with van der Waals surface area (Å²) in [6.45, 7) is 0.434. The molecule has 0 fully saturated rings. The Morgan fingerprint density at radius 1 is 1.62 bits per heavy atom. The minimum absolute atomic E-state index is 0.0713. The zero-order valence-electron chi connectivity index (χ0n) is 9.01. The van der Waals surface area contributed by atoms with Crippen LogP contribution in [-0.4, -0.2) is 15.5 Å².